The standard InChI is InChI=1S/C12H21N5O3/c1-15(10-2-3-10)5-4-13-7-12(18)9-16-8-11(6-14-16)17(19)20/h6,8,10,12-13,18H,2-5,7,9H2,1H3. The molecule has 20 heavy (non-hydrogen) atoms. The van der Waals surface area contributed by atoms with Crippen LogP contribution in [0.5, 0.6) is 0 Å². The average Bonchev–Trinajstić information content (AvgIpc) is 3.15. The summed E-state index contributed by atoms with van der Waals surface area (Å²) in [6, 6.07) is 0.742. The molecule has 1 aliphatic carbocycles. The van der Waals surface area contributed by atoms with E-state index in [4.69, 9.17) is 0 Å². The lowest BCUT2D eigenvalue weighted by Crippen LogP contribution is -2.36. The fraction of sp³-hybridized carbons (Fsp3) is 0.750. The van der Waals surface area contributed by atoms with E-state index in [2.05, 4.69) is 22.4 Å². The third-order valence-electron chi connectivity index (χ3n) is 3.42. The molecule has 2 N–H and O–H groups in total. The zero-order chi connectivity index (χ0) is 14.5. The number of nitrogens with zero attached hydrogens (tertiary/aromatic N) is 4. The van der Waals surface area contributed by atoms with Crippen molar-refractivity contribution in [3.05, 3.63) is 22.5 Å². The molecule has 0 spiro atoms. The molecule has 1 aliphatic rings. The van der Waals surface area contributed by atoms with Gasteiger partial charge >= 0.3 is 5.69 Å². The molecule has 0 aliphatic heterocycles. The Morgan fingerprint density at radius 2 is 2.45 bits per heavy atom. The lowest BCUT2D eigenvalue weighted by Gasteiger charge is -2.17. The first-order valence-electron chi connectivity index (χ1n) is 6.82. The van der Waals surface area contributed by atoms with Gasteiger partial charge in [0.05, 0.1) is 17.6 Å². The maximum atomic E-state index is 10.5. The van der Waals surface area contributed by atoms with Crippen LogP contribution >= 0.6 is 0 Å². The number of aliphatic hydroxyl groups excluding tert-OH is 1. The van der Waals surface area contributed by atoms with Gasteiger partial charge in [0.15, 0.2) is 0 Å². The Hall–Kier alpha value is -1.51. The minimum Gasteiger partial charge on any atom is -0.390 e. The molecule has 1 aromatic heterocycles. The molecule has 8 heteroatoms. The van der Waals surface area contributed by atoms with E-state index in [9.17, 15) is 15.2 Å². The number of hydrogen-bond acceptors (Lipinski definition) is 6. The molecular formula is C12H21N5O3. The lowest BCUT2D eigenvalue weighted by atomic mass is 10.3. The zero-order valence-corrected chi connectivity index (χ0v) is 11.6. The Kier molecular flexibility index (Phi) is 5.05. The average molecular weight is 283 g/mol. The highest BCUT2D eigenvalue weighted by molar-refractivity contribution is 5.20. The molecule has 2 rings (SSSR count). The second-order valence-corrected chi connectivity index (χ2v) is 5.25. The molecule has 0 radical (unpaired) electrons. The molecule has 1 saturated carbocycles. The highest BCUT2D eigenvalue weighted by atomic mass is 16.6. The van der Waals surface area contributed by atoms with Crippen molar-refractivity contribution in [2.75, 3.05) is 26.7 Å². The number of nitrogens with one attached hydrogen (secondary N) is 1. The van der Waals surface area contributed by atoms with Gasteiger partial charge in [0.1, 0.15) is 12.4 Å². The lowest BCUT2D eigenvalue weighted by molar-refractivity contribution is -0.385. The van der Waals surface area contributed by atoms with E-state index in [1.54, 1.807) is 0 Å². The summed E-state index contributed by atoms with van der Waals surface area (Å²) in [6.07, 6.45) is 4.48. The number of aromatic nitrogens is 2. The van der Waals surface area contributed by atoms with Crippen molar-refractivity contribution >= 4 is 5.69 Å². The normalized spacial score (nSPS) is 16.6. The maximum Gasteiger partial charge on any atom is 0.306 e. The highest BCUT2D eigenvalue weighted by Crippen LogP contribution is 2.24. The number of aliphatic hydroxyl groups is 1. The second-order valence-electron chi connectivity index (χ2n) is 5.25. The first-order chi connectivity index (χ1) is 9.56. The summed E-state index contributed by atoms with van der Waals surface area (Å²) < 4.78 is 1.39. The first-order valence-corrected chi connectivity index (χ1v) is 6.82. The van der Waals surface area contributed by atoms with E-state index in [-0.39, 0.29) is 12.2 Å². The topological polar surface area (TPSA) is 96.5 Å². The third kappa shape index (κ3) is 4.55. The summed E-state index contributed by atoms with van der Waals surface area (Å²) in [4.78, 5) is 12.3. The minimum absolute atomic E-state index is 0.0591. The largest absolute Gasteiger partial charge is 0.390 e. The zero-order valence-electron chi connectivity index (χ0n) is 11.6. The van der Waals surface area contributed by atoms with Gasteiger partial charge in [0, 0.05) is 25.7 Å². The maximum absolute atomic E-state index is 10.5. The summed E-state index contributed by atoms with van der Waals surface area (Å²) in [5.74, 6) is 0. The smallest absolute Gasteiger partial charge is 0.306 e. The van der Waals surface area contributed by atoms with Crippen LogP contribution in [0.25, 0.3) is 0 Å². The van der Waals surface area contributed by atoms with Gasteiger partial charge in [0.25, 0.3) is 0 Å². The van der Waals surface area contributed by atoms with Gasteiger partial charge in [-0.15, -0.1) is 0 Å². The van der Waals surface area contributed by atoms with Crippen molar-refractivity contribution in [2.45, 2.75) is 31.5 Å². The van der Waals surface area contributed by atoms with Gasteiger partial charge < -0.3 is 15.3 Å². The molecule has 0 saturated heterocycles. The quantitative estimate of drug-likeness (QED) is 0.371. The predicted octanol–water partition coefficient (Wildman–Crippen LogP) is -0.164. The first kappa shape index (κ1) is 14.9. The van der Waals surface area contributed by atoms with Gasteiger partial charge in [-0.1, -0.05) is 0 Å². The fourth-order valence-electron chi connectivity index (χ4n) is 2.05. The van der Waals surface area contributed by atoms with Crippen LogP contribution in [0.4, 0.5) is 5.69 Å². The Bertz CT molecular complexity index is 446. The predicted molar refractivity (Wildman–Crippen MR) is 73.4 cm³/mol. The molecule has 0 bridgehead atoms. The molecule has 112 valence electrons. The summed E-state index contributed by atoms with van der Waals surface area (Å²) in [5, 5.41) is 27.4. The number of rotatable bonds is 9. The van der Waals surface area contributed by atoms with Crippen molar-refractivity contribution < 1.29 is 10.0 Å². The van der Waals surface area contributed by atoms with Gasteiger partial charge in [-0.2, -0.15) is 5.10 Å². The van der Waals surface area contributed by atoms with E-state index >= 15 is 0 Å². The van der Waals surface area contributed by atoms with Gasteiger partial charge in [-0.3, -0.25) is 14.8 Å². The highest BCUT2D eigenvalue weighted by Gasteiger charge is 2.25. The van der Waals surface area contributed by atoms with Crippen LogP contribution in [0.3, 0.4) is 0 Å². The summed E-state index contributed by atoms with van der Waals surface area (Å²) >= 11 is 0. The van der Waals surface area contributed by atoms with Crippen LogP contribution in [0.1, 0.15) is 12.8 Å². The summed E-state index contributed by atoms with van der Waals surface area (Å²) in [5.41, 5.74) is -0.0591. The Morgan fingerprint density at radius 3 is 3.05 bits per heavy atom. The van der Waals surface area contributed by atoms with E-state index in [1.165, 1.54) is 29.9 Å². The Labute approximate surface area is 117 Å². The number of hydrogen-bond donors (Lipinski definition) is 2. The van der Waals surface area contributed by atoms with Crippen molar-refractivity contribution in [1.29, 1.82) is 0 Å². The molecule has 0 amide bonds. The summed E-state index contributed by atoms with van der Waals surface area (Å²) in [7, 11) is 2.11. The van der Waals surface area contributed by atoms with Crippen LogP contribution < -0.4 is 5.32 Å². The van der Waals surface area contributed by atoms with E-state index in [1.807, 2.05) is 0 Å². The minimum atomic E-state index is -0.610. The molecule has 1 heterocycles. The summed E-state index contributed by atoms with van der Waals surface area (Å²) in [6.45, 7) is 2.49. The Balaban J connectivity index is 1.61. The van der Waals surface area contributed by atoms with Crippen molar-refractivity contribution in [2.24, 2.45) is 0 Å². The SMILES string of the molecule is CN(CCNCC(O)Cn1cc([N+](=O)[O-])cn1)C1CC1. The van der Waals surface area contributed by atoms with Crippen LogP contribution in [0, 0.1) is 10.1 Å². The van der Waals surface area contributed by atoms with Crippen LogP contribution in [-0.2, 0) is 6.54 Å². The van der Waals surface area contributed by atoms with Crippen LogP contribution in [-0.4, -0.2) is 63.5 Å². The molecule has 1 aromatic rings. The van der Waals surface area contributed by atoms with E-state index in [0.29, 0.717) is 6.54 Å². The monoisotopic (exact) mass is 283 g/mol. The molecule has 8 nitrogen and oxygen atoms in total. The molecule has 1 fully saturated rings. The van der Waals surface area contributed by atoms with Gasteiger partial charge in [0.2, 0.25) is 0 Å². The van der Waals surface area contributed by atoms with E-state index in [0.717, 1.165) is 19.1 Å². The van der Waals surface area contributed by atoms with Crippen molar-refractivity contribution in [3.63, 3.8) is 0 Å². The molecule has 1 atom stereocenters. The van der Waals surface area contributed by atoms with Crippen molar-refractivity contribution in [3.8, 4) is 0 Å². The van der Waals surface area contributed by atoms with Gasteiger partial charge in [-0.25, -0.2) is 0 Å². The molecule has 1 unspecified atom stereocenters. The number of likely N-dealkylation sites (N-methyl/N-ethyl adjacent to an activating group) is 1. The third-order valence-corrected chi connectivity index (χ3v) is 3.42. The van der Waals surface area contributed by atoms with E-state index < -0.39 is 11.0 Å². The van der Waals surface area contributed by atoms with Gasteiger partial charge in [-0.05, 0) is 19.9 Å². The Morgan fingerprint density at radius 1 is 1.70 bits per heavy atom. The molecule has 0 aromatic carbocycles. The van der Waals surface area contributed by atoms with Crippen LogP contribution in [0.2, 0.25) is 0 Å². The fourth-order valence-corrected chi connectivity index (χ4v) is 2.05. The molecular weight excluding hydrogens is 262 g/mol. The van der Waals surface area contributed by atoms with Crippen molar-refractivity contribution in [1.82, 2.24) is 20.0 Å². The second kappa shape index (κ2) is 6.78. The number of nitro groups is 1. The van der Waals surface area contributed by atoms with Crippen LogP contribution in [0.15, 0.2) is 12.4 Å².